The lowest BCUT2D eigenvalue weighted by Gasteiger charge is -2.16. The fourth-order valence-corrected chi connectivity index (χ4v) is 3.72. The third-order valence-electron chi connectivity index (χ3n) is 4.45. The fourth-order valence-electron chi connectivity index (χ4n) is 2.88. The molecule has 0 aliphatic carbocycles. The molecule has 1 aromatic heterocycles. The van der Waals surface area contributed by atoms with E-state index in [2.05, 4.69) is 29.7 Å². The van der Waals surface area contributed by atoms with Crippen LogP contribution in [0.1, 0.15) is 45.9 Å². The first kappa shape index (κ1) is 19.8. The number of Topliss-reactive ketones (excluding diaryl/α,β-unsaturated/α-hetero) is 1. The van der Waals surface area contributed by atoms with Gasteiger partial charge in [0, 0.05) is 35.1 Å². The zero-order valence-corrected chi connectivity index (χ0v) is 16.9. The Morgan fingerprint density at radius 2 is 1.57 bits per heavy atom. The summed E-state index contributed by atoms with van der Waals surface area (Å²) >= 11 is 1.47. The van der Waals surface area contributed by atoms with E-state index < -0.39 is 0 Å². The van der Waals surface area contributed by atoms with E-state index in [9.17, 15) is 9.59 Å². The van der Waals surface area contributed by atoms with Gasteiger partial charge in [0.25, 0.3) is 0 Å². The Morgan fingerprint density at radius 1 is 0.893 bits per heavy atom. The number of carbonyl (C=O) groups is 2. The Labute approximate surface area is 169 Å². The summed E-state index contributed by atoms with van der Waals surface area (Å²) in [6.07, 6.45) is 0.404. The molecule has 3 rings (SSSR count). The molecule has 2 N–H and O–H groups in total. The maximum Gasteiger partial charge on any atom is 0.224 e. The van der Waals surface area contributed by atoms with Crippen LogP contribution in [0.15, 0.2) is 66.7 Å². The standard InChI is InChI=1S/C23H24N2O2S/c1-16-8-14-22(28-16)21(26)13-15-23(27)25-20-11-9-19(10-12-20)24-17(2)18-6-4-3-5-7-18/h3-12,14,17,24H,13,15H2,1-2H3,(H,25,27). The smallest absolute Gasteiger partial charge is 0.224 e. The van der Waals surface area contributed by atoms with Crippen molar-refractivity contribution in [2.75, 3.05) is 10.6 Å². The molecule has 0 radical (unpaired) electrons. The van der Waals surface area contributed by atoms with Crippen molar-refractivity contribution in [1.29, 1.82) is 0 Å². The van der Waals surface area contributed by atoms with E-state index in [0.717, 1.165) is 16.3 Å². The second kappa shape index (κ2) is 9.33. The van der Waals surface area contributed by atoms with Gasteiger partial charge in [0.1, 0.15) is 0 Å². The largest absolute Gasteiger partial charge is 0.379 e. The highest BCUT2D eigenvalue weighted by Gasteiger charge is 2.11. The highest BCUT2D eigenvalue weighted by molar-refractivity contribution is 7.14. The van der Waals surface area contributed by atoms with Gasteiger partial charge in [-0.25, -0.2) is 0 Å². The minimum absolute atomic E-state index is 0.0164. The van der Waals surface area contributed by atoms with Crippen molar-refractivity contribution in [2.45, 2.75) is 32.7 Å². The molecule has 0 aliphatic rings. The first-order valence-corrected chi connectivity index (χ1v) is 10.1. The zero-order chi connectivity index (χ0) is 19.9. The molecule has 2 aromatic carbocycles. The lowest BCUT2D eigenvalue weighted by Crippen LogP contribution is -2.13. The van der Waals surface area contributed by atoms with E-state index in [4.69, 9.17) is 0 Å². The van der Waals surface area contributed by atoms with Gasteiger partial charge in [0.05, 0.1) is 4.88 Å². The zero-order valence-electron chi connectivity index (χ0n) is 16.1. The molecule has 1 heterocycles. The number of nitrogens with one attached hydrogen (secondary N) is 2. The summed E-state index contributed by atoms with van der Waals surface area (Å²) in [6, 6.07) is 21.8. The van der Waals surface area contributed by atoms with Gasteiger partial charge in [-0.15, -0.1) is 11.3 Å². The number of hydrogen-bond donors (Lipinski definition) is 2. The molecule has 1 atom stereocenters. The van der Waals surface area contributed by atoms with Crippen LogP contribution < -0.4 is 10.6 Å². The average molecular weight is 393 g/mol. The highest BCUT2D eigenvalue weighted by Crippen LogP contribution is 2.21. The number of amides is 1. The summed E-state index contributed by atoms with van der Waals surface area (Å²) in [6.45, 7) is 4.07. The Morgan fingerprint density at radius 3 is 2.21 bits per heavy atom. The SMILES string of the molecule is Cc1ccc(C(=O)CCC(=O)Nc2ccc(NC(C)c3ccccc3)cc2)s1. The Hall–Kier alpha value is -2.92. The highest BCUT2D eigenvalue weighted by atomic mass is 32.1. The van der Waals surface area contributed by atoms with Crippen molar-refractivity contribution in [3.63, 3.8) is 0 Å². The number of benzene rings is 2. The monoisotopic (exact) mass is 392 g/mol. The van der Waals surface area contributed by atoms with Crippen molar-refractivity contribution < 1.29 is 9.59 Å². The molecule has 144 valence electrons. The lowest BCUT2D eigenvalue weighted by atomic mass is 10.1. The summed E-state index contributed by atoms with van der Waals surface area (Å²) in [5, 5.41) is 6.29. The van der Waals surface area contributed by atoms with Crippen LogP contribution in [0.25, 0.3) is 0 Å². The molecule has 1 amide bonds. The molecule has 0 spiro atoms. The quantitative estimate of drug-likeness (QED) is 0.474. The Kier molecular flexibility index (Phi) is 6.61. The van der Waals surface area contributed by atoms with Gasteiger partial charge >= 0.3 is 0 Å². The molecule has 1 unspecified atom stereocenters. The van der Waals surface area contributed by atoms with E-state index in [1.165, 1.54) is 16.9 Å². The molecule has 0 aliphatic heterocycles. The van der Waals surface area contributed by atoms with E-state index in [-0.39, 0.29) is 30.6 Å². The van der Waals surface area contributed by atoms with Crippen LogP contribution >= 0.6 is 11.3 Å². The summed E-state index contributed by atoms with van der Waals surface area (Å²) in [5.74, 6) is -0.136. The number of rotatable bonds is 8. The maximum absolute atomic E-state index is 12.1. The molecular weight excluding hydrogens is 368 g/mol. The van der Waals surface area contributed by atoms with Gasteiger partial charge in [-0.05, 0) is 55.8 Å². The summed E-state index contributed by atoms with van der Waals surface area (Å²) in [4.78, 5) is 26.0. The number of thiophene rings is 1. The molecule has 4 nitrogen and oxygen atoms in total. The molecular formula is C23H24N2O2S. The number of hydrogen-bond acceptors (Lipinski definition) is 4. The topological polar surface area (TPSA) is 58.2 Å². The molecule has 3 aromatic rings. The molecule has 0 saturated heterocycles. The van der Waals surface area contributed by atoms with Crippen LogP contribution in [0.4, 0.5) is 11.4 Å². The van der Waals surface area contributed by atoms with Gasteiger partial charge in [0.15, 0.2) is 5.78 Å². The number of anilines is 2. The lowest BCUT2D eigenvalue weighted by molar-refractivity contribution is -0.116. The Balaban J connectivity index is 1.48. The summed E-state index contributed by atoms with van der Waals surface area (Å²) in [7, 11) is 0. The number of carbonyl (C=O) groups excluding carboxylic acids is 2. The number of aryl methyl sites for hydroxylation is 1. The predicted molar refractivity (Wildman–Crippen MR) is 116 cm³/mol. The normalized spacial score (nSPS) is 11.6. The third-order valence-corrected chi connectivity index (χ3v) is 5.49. The van der Waals surface area contributed by atoms with E-state index >= 15 is 0 Å². The molecule has 5 heteroatoms. The third kappa shape index (κ3) is 5.54. The van der Waals surface area contributed by atoms with Crippen LogP contribution in [0, 0.1) is 6.92 Å². The molecule has 0 saturated carbocycles. The molecule has 0 bridgehead atoms. The minimum Gasteiger partial charge on any atom is -0.379 e. The molecule has 0 fully saturated rings. The van der Waals surface area contributed by atoms with Gasteiger partial charge < -0.3 is 10.6 Å². The fraction of sp³-hybridized carbons (Fsp3) is 0.217. The van der Waals surface area contributed by atoms with E-state index in [1.807, 2.05) is 61.5 Å². The Bertz CT molecular complexity index is 933. The second-order valence-electron chi connectivity index (χ2n) is 6.74. The van der Waals surface area contributed by atoms with Crippen LogP contribution in [-0.2, 0) is 4.79 Å². The molecule has 28 heavy (non-hydrogen) atoms. The van der Waals surface area contributed by atoms with E-state index in [1.54, 1.807) is 0 Å². The second-order valence-corrected chi connectivity index (χ2v) is 8.02. The van der Waals surface area contributed by atoms with Crippen LogP contribution in [0.5, 0.6) is 0 Å². The van der Waals surface area contributed by atoms with Crippen LogP contribution in [-0.4, -0.2) is 11.7 Å². The van der Waals surface area contributed by atoms with Crippen molar-refractivity contribution in [3.8, 4) is 0 Å². The van der Waals surface area contributed by atoms with Crippen molar-refractivity contribution in [3.05, 3.63) is 82.0 Å². The first-order chi connectivity index (χ1) is 13.5. The van der Waals surface area contributed by atoms with Crippen molar-refractivity contribution in [1.82, 2.24) is 0 Å². The van der Waals surface area contributed by atoms with Crippen molar-refractivity contribution in [2.24, 2.45) is 0 Å². The average Bonchev–Trinajstić information content (AvgIpc) is 3.15. The van der Waals surface area contributed by atoms with Crippen LogP contribution in [0.3, 0.4) is 0 Å². The minimum atomic E-state index is -0.153. The summed E-state index contributed by atoms with van der Waals surface area (Å²) < 4.78 is 0. The number of ketones is 1. The van der Waals surface area contributed by atoms with E-state index in [0.29, 0.717) is 4.88 Å². The van der Waals surface area contributed by atoms with Gasteiger partial charge in [-0.1, -0.05) is 30.3 Å². The first-order valence-electron chi connectivity index (χ1n) is 9.32. The van der Waals surface area contributed by atoms with Gasteiger partial charge in [0.2, 0.25) is 5.91 Å². The van der Waals surface area contributed by atoms with Gasteiger partial charge in [-0.2, -0.15) is 0 Å². The van der Waals surface area contributed by atoms with Crippen molar-refractivity contribution >= 4 is 34.4 Å². The van der Waals surface area contributed by atoms with Crippen LogP contribution in [0.2, 0.25) is 0 Å². The summed E-state index contributed by atoms with van der Waals surface area (Å²) in [5.41, 5.74) is 2.92. The maximum atomic E-state index is 12.1. The van der Waals surface area contributed by atoms with Gasteiger partial charge in [-0.3, -0.25) is 9.59 Å². The predicted octanol–water partition coefficient (Wildman–Crippen LogP) is 5.83.